The van der Waals surface area contributed by atoms with Gasteiger partial charge in [0.2, 0.25) is 21.8 Å². The van der Waals surface area contributed by atoms with Crippen molar-refractivity contribution in [1.82, 2.24) is 24.3 Å². The van der Waals surface area contributed by atoms with Crippen molar-refractivity contribution in [1.29, 1.82) is 0 Å². The standard InChI is InChI=1S/C17H19N5O4S/c1-13-19-20-17(26-13)16-12-22(7-8-25-16)27(23,24)15-9-18-21(11-15)10-14-5-3-2-4-6-14/h2-6,9,11,16H,7-8,10,12H2,1H3/t16-/m0/s1. The van der Waals surface area contributed by atoms with E-state index in [1.807, 2.05) is 30.3 Å². The lowest BCUT2D eigenvalue weighted by Crippen LogP contribution is -2.42. The van der Waals surface area contributed by atoms with Gasteiger partial charge in [-0.25, -0.2) is 8.42 Å². The van der Waals surface area contributed by atoms with Gasteiger partial charge < -0.3 is 9.15 Å². The highest BCUT2D eigenvalue weighted by Gasteiger charge is 2.34. The second-order valence-electron chi connectivity index (χ2n) is 6.24. The third-order valence-corrected chi connectivity index (χ3v) is 6.10. The summed E-state index contributed by atoms with van der Waals surface area (Å²) in [6.45, 7) is 2.81. The number of nitrogens with zero attached hydrogens (tertiary/aromatic N) is 5. The lowest BCUT2D eigenvalue weighted by molar-refractivity contribution is -0.0176. The number of benzene rings is 1. The monoisotopic (exact) mass is 389 g/mol. The van der Waals surface area contributed by atoms with E-state index in [1.165, 1.54) is 10.5 Å². The molecular weight excluding hydrogens is 370 g/mol. The lowest BCUT2D eigenvalue weighted by Gasteiger charge is -2.29. The second kappa shape index (κ2) is 7.22. The minimum atomic E-state index is -3.69. The molecule has 27 heavy (non-hydrogen) atoms. The second-order valence-corrected chi connectivity index (χ2v) is 8.18. The Balaban J connectivity index is 1.51. The van der Waals surface area contributed by atoms with E-state index in [2.05, 4.69) is 15.3 Å². The third kappa shape index (κ3) is 3.77. The Hall–Kier alpha value is -2.56. The molecule has 0 amide bonds. The summed E-state index contributed by atoms with van der Waals surface area (Å²) in [5, 5.41) is 11.9. The van der Waals surface area contributed by atoms with Crippen LogP contribution in [0.4, 0.5) is 0 Å². The molecule has 0 spiro atoms. The van der Waals surface area contributed by atoms with Gasteiger partial charge in [-0.15, -0.1) is 10.2 Å². The maximum absolute atomic E-state index is 13.0. The van der Waals surface area contributed by atoms with E-state index < -0.39 is 16.1 Å². The first-order chi connectivity index (χ1) is 13.0. The molecule has 10 heteroatoms. The fraction of sp³-hybridized carbons (Fsp3) is 0.353. The molecule has 2 aromatic heterocycles. The summed E-state index contributed by atoms with van der Waals surface area (Å²) in [6.07, 6.45) is 2.34. The molecule has 0 aliphatic carbocycles. The van der Waals surface area contributed by atoms with E-state index >= 15 is 0 Å². The summed E-state index contributed by atoms with van der Waals surface area (Å²) in [5.74, 6) is 0.697. The highest BCUT2D eigenvalue weighted by Crippen LogP contribution is 2.25. The number of sulfonamides is 1. The first kappa shape index (κ1) is 17.8. The number of rotatable bonds is 5. The van der Waals surface area contributed by atoms with Crippen LogP contribution >= 0.6 is 0 Å². The van der Waals surface area contributed by atoms with Crippen molar-refractivity contribution in [2.45, 2.75) is 24.5 Å². The van der Waals surface area contributed by atoms with E-state index in [0.717, 1.165) is 5.56 Å². The van der Waals surface area contributed by atoms with Gasteiger partial charge in [-0.1, -0.05) is 30.3 Å². The Bertz CT molecular complexity index is 1010. The molecule has 0 radical (unpaired) electrons. The quantitative estimate of drug-likeness (QED) is 0.649. The zero-order valence-electron chi connectivity index (χ0n) is 14.7. The molecule has 0 N–H and O–H groups in total. The lowest BCUT2D eigenvalue weighted by atomic mass is 10.2. The van der Waals surface area contributed by atoms with Gasteiger partial charge in [-0.3, -0.25) is 4.68 Å². The molecule has 142 valence electrons. The summed E-state index contributed by atoms with van der Waals surface area (Å²) in [6, 6.07) is 9.74. The van der Waals surface area contributed by atoms with Crippen LogP contribution in [0.25, 0.3) is 0 Å². The van der Waals surface area contributed by atoms with Gasteiger partial charge in [0.1, 0.15) is 11.0 Å². The van der Waals surface area contributed by atoms with Crippen LogP contribution in [0.15, 0.2) is 52.0 Å². The zero-order valence-corrected chi connectivity index (χ0v) is 15.5. The molecule has 0 unspecified atom stereocenters. The predicted octanol–water partition coefficient (Wildman–Crippen LogP) is 1.39. The Morgan fingerprint density at radius 1 is 1.22 bits per heavy atom. The van der Waals surface area contributed by atoms with Gasteiger partial charge in [0.05, 0.1) is 19.3 Å². The van der Waals surface area contributed by atoms with Crippen molar-refractivity contribution in [3.05, 3.63) is 60.1 Å². The SMILES string of the molecule is Cc1nnc([C@@H]2CN(S(=O)(=O)c3cnn(Cc4ccccc4)c3)CCO2)o1. The van der Waals surface area contributed by atoms with Gasteiger partial charge in [0.25, 0.3) is 0 Å². The van der Waals surface area contributed by atoms with Crippen LogP contribution in [0.1, 0.15) is 23.4 Å². The van der Waals surface area contributed by atoms with Crippen molar-refractivity contribution in [2.75, 3.05) is 19.7 Å². The summed E-state index contributed by atoms with van der Waals surface area (Å²) >= 11 is 0. The van der Waals surface area contributed by atoms with Crippen LogP contribution in [0.5, 0.6) is 0 Å². The van der Waals surface area contributed by atoms with Crippen LogP contribution in [0, 0.1) is 6.92 Å². The average Bonchev–Trinajstić information content (AvgIpc) is 3.32. The molecule has 3 heterocycles. The number of aryl methyl sites for hydroxylation is 1. The van der Waals surface area contributed by atoms with E-state index in [4.69, 9.17) is 9.15 Å². The summed E-state index contributed by atoms with van der Waals surface area (Å²) < 4.78 is 39.9. The topological polar surface area (TPSA) is 103 Å². The van der Waals surface area contributed by atoms with Crippen LogP contribution in [0.3, 0.4) is 0 Å². The summed E-state index contributed by atoms with van der Waals surface area (Å²) in [5.41, 5.74) is 1.04. The van der Waals surface area contributed by atoms with E-state index in [9.17, 15) is 8.42 Å². The molecule has 4 rings (SSSR count). The molecule has 1 atom stereocenters. The number of aromatic nitrogens is 4. The van der Waals surface area contributed by atoms with Gasteiger partial charge >= 0.3 is 0 Å². The molecule has 1 saturated heterocycles. The Morgan fingerprint density at radius 2 is 2.04 bits per heavy atom. The molecule has 1 aromatic carbocycles. The zero-order chi connectivity index (χ0) is 18.9. The molecule has 1 fully saturated rings. The molecular formula is C17H19N5O4S. The Kier molecular flexibility index (Phi) is 4.77. The maximum atomic E-state index is 13.0. The fourth-order valence-electron chi connectivity index (χ4n) is 2.92. The molecule has 9 nitrogen and oxygen atoms in total. The first-order valence-corrected chi connectivity index (χ1v) is 9.94. The van der Waals surface area contributed by atoms with Crippen molar-refractivity contribution < 1.29 is 17.6 Å². The number of ether oxygens (including phenoxy) is 1. The van der Waals surface area contributed by atoms with Crippen LogP contribution < -0.4 is 0 Å². The highest BCUT2D eigenvalue weighted by atomic mass is 32.2. The molecule has 1 aliphatic heterocycles. The largest absolute Gasteiger partial charge is 0.423 e. The fourth-order valence-corrected chi connectivity index (χ4v) is 4.30. The van der Waals surface area contributed by atoms with Crippen molar-refractivity contribution in [3.63, 3.8) is 0 Å². The van der Waals surface area contributed by atoms with Crippen molar-refractivity contribution in [2.24, 2.45) is 0 Å². The normalized spacial score (nSPS) is 18.6. The molecule has 1 aliphatic rings. The first-order valence-electron chi connectivity index (χ1n) is 8.50. The minimum Gasteiger partial charge on any atom is -0.423 e. The predicted molar refractivity (Wildman–Crippen MR) is 94.3 cm³/mol. The minimum absolute atomic E-state index is 0.119. The van der Waals surface area contributed by atoms with Crippen LogP contribution in [-0.2, 0) is 21.3 Å². The molecule has 0 saturated carbocycles. The van der Waals surface area contributed by atoms with Gasteiger partial charge in [0, 0.05) is 26.2 Å². The van der Waals surface area contributed by atoms with Crippen molar-refractivity contribution in [3.8, 4) is 0 Å². The van der Waals surface area contributed by atoms with E-state index in [0.29, 0.717) is 12.4 Å². The number of morpholine rings is 1. The third-order valence-electron chi connectivity index (χ3n) is 4.28. The van der Waals surface area contributed by atoms with Crippen LogP contribution in [-0.4, -0.2) is 52.4 Å². The highest BCUT2D eigenvalue weighted by molar-refractivity contribution is 7.89. The summed E-state index contributed by atoms with van der Waals surface area (Å²) in [7, 11) is -3.69. The molecule has 0 bridgehead atoms. The maximum Gasteiger partial charge on any atom is 0.246 e. The Morgan fingerprint density at radius 3 is 2.78 bits per heavy atom. The molecule has 3 aromatic rings. The van der Waals surface area contributed by atoms with Gasteiger partial charge in [-0.05, 0) is 5.56 Å². The summed E-state index contributed by atoms with van der Waals surface area (Å²) in [4.78, 5) is 0.154. The van der Waals surface area contributed by atoms with Crippen molar-refractivity contribution >= 4 is 10.0 Å². The van der Waals surface area contributed by atoms with E-state index in [1.54, 1.807) is 17.8 Å². The smallest absolute Gasteiger partial charge is 0.246 e. The van der Waals surface area contributed by atoms with Gasteiger partial charge in [0.15, 0.2) is 0 Å². The van der Waals surface area contributed by atoms with Crippen LogP contribution in [0.2, 0.25) is 0 Å². The average molecular weight is 389 g/mol. The van der Waals surface area contributed by atoms with Gasteiger partial charge in [-0.2, -0.15) is 9.40 Å². The van der Waals surface area contributed by atoms with E-state index in [-0.39, 0.29) is 30.5 Å². The number of hydrogen-bond donors (Lipinski definition) is 0. The Labute approximate surface area is 156 Å². The number of hydrogen-bond acceptors (Lipinski definition) is 7.